The lowest BCUT2D eigenvalue weighted by molar-refractivity contribution is -0.141. The molecule has 1 aromatic carbocycles. The van der Waals surface area contributed by atoms with Gasteiger partial charge in [0.2, 0.25) is 5.95 Å². The average Bonchev–Trinajstić information content (AvgIpc) is 3.35. The molecule has 2 N–H and O–H groups in total. The molecule has 3 heterocycles. The van der Waals surface area contributed by atoms with E-state index < -0.39 is 98.4 Å². The zero-order valence-corrected chi connectivity index (χ0v) is 14.5. The average molecular weight is 402 g/mol. The topological polar surface area (TPSA) is 103 Å². The first-order valence-corrected chi connectivity index (χ1v) is 8.34. The van der Waals surface area contributed by atoms with Crippen molar-refractivity contribution in [1.29, 1.82) is 0 Å². The summed E-state index contributed by atoms with van der Waals surface area (Å²) in [5.74, 6) is -4.30. The second-order valence-corrected chi connectivity index (χ2v) is 6.03. The van der Waals surface area contributed by atoms with Crippen LogP contribution in [0.2, 0.25) is 2.82 Å². The summed E-state index contributed by atoms with van der Waals surface area (Å²) in [6, 6.07) is -1.93. The van der Waals surface area contributed by atoms with Crippen molar-refractivity contribution < 1.29 is 38.3 Å². The number of anilines is 2. The maximum Gasteiger partial charge on any atom is 0.251 e. The van der Waals surface area contributed by atoms with Gasteiger partial charge >= 0.3 is 0 Å². The van der Waals surface area contributed by atoms with Gasteiger partial charge in [-0.15, -0.1) is 0 Å². The van der Waals surface area contributed by atoms with Crippen molar-refractivity contribution in [3.8, 4) is 11.5 Å². The number of hydrogen-bond acceptors (Lipinski definition) is 8. The summed E-state index contributed by atoms with van der Waals surface area (Å²) in [5.41, 5.74) is -0.845. The van der Waals surface area contributed by atoms with E-state index in [2.05, 4.69) is 9.97 Å². The third kappa shape index (κ3) is 3.37. The number of methoxy groups -OCH3 is 2. The summed E-state index contributed by atoms with van der Waals surface area (Å²) in [6.07, 6.45) is 0.151. The van der Waals surface area contributed by atoms with Gasteiger partial charge in [-0.3, -0.25) is 4.79 Å². The van der Waals surface area contributed by atoms with Gasteiger partial charge in [0.05, 0.1) is 36.0 Å². The Morgan fingerprint density at radius 3 is 2.82 bits per heavy atom. The van der Waals surface area contributed by atoms with Crippen molar-refractivity contribution in [2.45, 2.75) is 18.9 Å². The van der Waals surface area contributed by atoms with Gasteiger partial charge in [0, 0.05) is 44.1 Å². The Hall–Kier alpha value is -2.81. The molecule has 1 unspecified atom stereocenters. The van der Waals surface area contributed by atoms with Crippen LogP contribution < -0.4 is 20.1 Å². The number of nitrogens with two attached hydrogens (primary N) is 1. The highest BCUT2D eigenvalue weighted by Gasteiger charge is 2.31. The van der Waals surface area contributed by atoms with Crippen LogP contribution in [0, 0.1) is 0 Å². The second-order valence-electron chi connectivity index (χ2n) is 6.03. The molecular weight excluding hydrogens is 362 g/mol. The van der Waals surface area contributed by atoms with E-state index in [9.17, 15) is 4.79 Å². The van der Waals surface area contributed by atoms with Crippen LogP contribution in [0.5, 0.6) is 11.5 Å². The SMILES string of the molecule is [2H]c1c(OC([2H])([2H])[2H])c(OC([2H])([2H])[2H])c([2H])c2c(N([2H])[2H])nc(N3C([2H])([2H])CN(C(=O)C4CCCO4)CC3([2H])[2H])nc12. The number of carbonyl (C=O) groups excluding carboxylic acids is 1. The number of benzene rings is 1. The molecule has 28 heavy (non-hydrogen) atoms. The Labute approximate surface area is 183 Å². The van der Waals surface area contributed by atoms with E-state index in [1.807, 2.05) is 0 Å². The number of piperazine rings is 1. The number of nitrogen functional groups attached to an aromatic ring is 1. The van der Waals surface area contributed by atoms with Crippen molar-refractivity contribution in [3.63, 3.8) is 0 Å². The first-order chi connectivity index (χ1) is 19.1. The summed E-state index contributed by atoms with van der Waals surface area (Å²) in [4.78, 5) is 22.3. The van der Waals surface area contributed by atoms with Crippen molar-refractivity contribution >= 4 is 28.6 Å². The minimum Gasteiger partial charge on any atom is -0.493 e. The van der Waals surface area contributed by atoms with Crippen molar-refractivity contribution in [2.75, 3.05) is 57.4 Å². The zero-order valence-electron chi connectivity index (χ0n) is 28.5. The van der Waals surface area contributed by atoms with Crippen LogP contribution in [0.15, 0.2) is 12.1 Å². The van der Waals surface area contributed by atoms with Crippen LogP contribution in [0.25, 0.3) is 10.9 Å². The summed E-state index contributed by atoms with van der Waals surface area (Å²) >= 11 is 0. The molecule has 0 aliphatic carbocycles. The van der Waals surface area contributed by atoms with E-state index >= 15 is 0 Å². The molecule has 4 rings (SSSR count). The van der Waals surface area contributed by atoms with E-state index in [-0.39, 0.29) is 5.72 Å². The monoisotopic (exact) mass is 401 g/mol. The molecule has 2 aromatic rings. The first-order valence-electron chi connectivity index (χ1n) is 15.2. The quantitative estimate of drug-likeness (QED) is 0.793. The highest BCUT2D eigenvalue weighted by Crippen LogP contribution is 2.34. The molecule has 2 aliphatic heterocycles. The molecule has 1 amide bonds. The number of aromatic nitrogens is 2. The molecule has 2 saturated heterocycles. The normalized spacial score (nSPS) is 31.5. The number of ether oxygens (including phenoxy) is 3. The number of fused-ring (bicyclic) bond motifs is 1. The predicted molar refractivity (Wildman–Crippen MR) is 105 cm³/mol. The van der Waals surface area contributed by atoms with Crippen LogP contribution in [0.4, 0.5) is 11.8 Å². The van der Waals surface area contributed by atoms with Crippen LogP contribution >= 0.6 is 0 Å². The fraction of sp³-hybridized carbons (Fsp3) is 0.526. The number of rotatable bonds is 5. The minimum atomic E-state index is -3.26. The zero-order chi connectivity index (χ0) is 31.6. The summed E-state index contributed by atoms with van der Waals surface area (Å²) in [5, 5.41) is -0.626. The highest BCUT2D eigenvalue weighted by atomic mass is 16.5. The lowest BCUT2D eigenvalue weighted by Crippen LogP contribution is -2.51. The molecule has 150 valence electrons. The van der Waals surface area contributed by atoms with Gasteiger partial charge in [-0.2, -0.15) is 4.98 Å². The molecule has 0 saturated carbocycles. The maximum absolute atomic E-state index is 12.9. The van der Waals surface area contributed by atoms with E-state index in [0.29, 0.717) is 24.3 Å². The fourth-order valence-corrected chi connectivity index (χ4v) is 2.92. The molecule has 0 bridgehead atoms. The third-order valence-corrected chi connectivity index (χ3v) is 4.32. The lowest BCUT2D eigenvalue weighted by atomic mass is 10.2. The largest absolute Gasteiger partial charge is 0.493 e. The van der Waals surface area contributed by atoms with Crippen LogP contribution in [-0.2, 0) is 9.53 Å². The summed E-state index contributed by atoms with van der Waals surface area (Å²) in [7, 11) is -6.52. The molecular formula is C19H25N5O4. The highest BCUT2D eigenvalue weighted by molar-refractivity contribution is 5.91. The second kappa shape index (κ2) is 7.67. The first kappa shape index (κ1) is 8.28. The Morgan fingerprint density at radius 1 is 1.36 bits per heavy atom. The lowest BCUT2D eigenvalue weighted by Gasteiger charge is -2.35. The molecule has 2 fully saturated rings. The number of carbonyl (C=O) groups is 1. The Bertz CT molecular complexity index is 1360. The molecule has 0 radical (unpaired) electrons. The van der Waals surface area contributed by atoms with E-state index in [0.717, 1.165) is 4.90 Å². The van der Waals surface area contributed by atoms with Gasteiger partial charge in [0.15, 0.2) is 14.3 Å². The molecule has 9 heteroatoms. The number of amides is 1. The van der Waals surface area contributed by atoms with E-state index in [4.69, 9.17) is 33.5 Å². The van der Waals surface area contributed by atoms with Crippen molar-refractivity contribution in [2.24, 2.45) is 0 Å². The van der Waals surface area contributed by atoms with Gasteiger partial charge in [0.25, 0.3) is 5.91 Å². The van der Waals surface area contributed by atoms with Gasteiger partial charge in [-0.25, -0.2) is 4.98 Å². The van der Waals surface area contributed by atoms with Gasteiger partial charge in [-0.05, 0) is 18.9 Å². The van der Waals surface area contributed by atoms with E-state index in [1.54, 1.807) is 0 Å². The number of nitrogens with zero attached hydrogens (tertiary/aromatic N) is 4. The molecule has 0 spiro atoms. The van der Waals surface area contributed by atoms with Crippen molar-refractivity contribution in [3.05, 3.63) is 12.1 Å². The standard InChI is InChI=1S/C19H25N5O4/c1-26-15-10-12-13(11-16(15)27-2)21-19(22-17(12)20)24-7-5-23(6-8-24)18(25)14-4-3-9-28-14/h10-11,14H,3-9H2,1-2H3,(H2,20,21,22)/i1D3,2D3,7D2,8D2,10D,11D/hD2. The van der Waals surface area contributed by atoms with E-state index in [1.165, 1.54) is 0 Å². The predicted octanol–water partition coefficient (Wildman–Crippen LogP) is 1.06. The Kier molecular flexibility index (Phi) is 2.27. The summed E-state index contributed by atoms with van der Waals surface area (Å²) < 4.78 is 127. The van der Waals surface area contributed by atoms with Gasteiger partial charge < -0.3 is 29.7 Å². The fourth-order valence-electron chi connectivity index (χ4n) is 2.92. The number of hydrogen-bond donors (Lipinski definition) is 1. The molecule has 2 aliphatic rings. The third-order valence-electron chi connectivity index (χ3n) is 4.32. The van der Waals surface area contributed by atoms with Crippen LogP contribution in [-0.4, -0.2) is 73.6 Å². The molecule has 9 nitrogen and oxygen atoms in total. The van der Waals surface area contributed by atoms with Gasteiger partial charge in [0.1, 0.15) is 11.9 Å². The minimum absolute atomic E-state index is 0.156. The van der Waals surface area contributed by atoms with Crippen LogP contribution in [0.1, 0.15) is 29.3 Å². The van der Waals surface area contributed by atoms with Crippen molar-refractivity contribution in [1.82, 2.24) is 14.9 Å². The Morgan fingerprint density at radius 2 is 2.14 bits per heavy atom. The Balaban J connectivity index is 1.92. The summed E-state index contributed by atoms with van der Waals surface area (Å²) in [6.45, 7) is -6.40. The maximum atomic E-state index is 12.9. The van der Waals surface area contributed by atoms with Crippen LogP contribution in [0.3, 0.4) is 0 Å². The molecule has 1 atom stereocenters. The van der Waals surface area contributed by atoms with Gasteiger partial charge in [-0.1, -0.05) is 0 Å². The molecule has 1 aromatic heterocycles. The smallest absolute Gasteiger partial charge is 0.251 e.